The van der Waals surface area contributed by atoms with Gasteiger partial charge >= 0.3 is 5.97 Å². The number of aromatic nitrogens is 1. The van der Waals surface area contributed by atoms with Crippen LogP contribution in [0.4, 0.5) is 0 Å². The SMILES string of the molecule is CC1=C[C@]23C(O)[C@@H](C=C(CO)[C@@H](O)[C@]2(O)[C@H]1OC(=O)c1sc(C)nc1C)[C@H]1[C@@H](C[C@H]3C)C1(C)C. The molecule has 2 fully saturated rings. The van der Waals surface area contributed by atoms with E-state index in [0.29, 0.717) is 22.1 Å². The first-order valence-electron chi connectivity index (χ1n) is 12.1. The number of aryl methyl sites for hydroxylation is 2. The van der Waals surface area contributed by atoms with Gasteiger partial charge in [-0.15, -0.1) is 11.3 Å². The van der Waals surface area contributed by atoms with Gasteiger partial charge in [0, 0.05) is 5.92 Å². The molecule has 1 aromatic heterocycles. The molecule has 0 radical (unpaired) electrons. The van der Waals surface area contributed by atoms with Gasteiger partial charge in [0.1, 0.15) is 16.6 Å². The lowest BCUT2D eigenvalue weighted by atomic mass is 9.58. The molecule has 0 aromatic carbocycles. The fourth-order valence-corrected chi connectivity index (χ4v) is 8.59. The van der Waals surface area contributed by atoms with Gasteiger partial charge < -0.3 is 25.2 Å². The van der Waals surface area contributed by atoms with E-state index in [9.17, 15) is 25.2 Å². The van der Waals surface area contributed by atoms with Gasteiger partial charge in [-0.3, -0.25) is 0 Å². The van der Waals surface area contributed by atoms with Gasteiger partial charge in [0.25, 0.3) is 0 Å². The molecular weight excluding hydrogens is 454 g/mol. The second-order valence-electron chi connectivity index (χ2n) is 11.5. The first kappa shape index (κ1) is 24.1. The van der Waals surface area contributed by atoms with E-state index >= 15 is 0 Å². The summed E-state index contributed by atoms with van der Waals surface area (Å²) < 4.78 is 5.93. The number of aliphatic hydroxyl groups excluding tert-OH is 3. The van der Waals surface area contributed by atoms with Crippen molar-refractivity contribution >= 4 is 17.3 Å². The van der Waals surface area contributed by atoms with Crippen molar-refractivity contribution in [1.29, 1.82) is 0 Å². The second-order valence-corrected chi connectivity index (χ2v) is 12.7. The summed E-state index contributed by atoms with van der Waals surface area (Å²) in [7, 11) is 0. The third-order valence-electron chi connectivity index (χ3n) is 9.48. The Morgan fingerprint density at radius 2 is 1.94 bits per heavy atom. The lowest BCUT2D eigenvalue weighted by molar-refractivity contribution is -0.215. The predicted octanol–water partition coefficient (Wildman–Crippen LogP) is 2.55. The van der Waals surface area contributed by atoms with Gasteiger partial charge in [-0.2, -0.15) is 0 Å². The van der Waals surface area contributed by atoms with Crippen molar-refractivity contribution in [2.45, 2.75) is 71.9 Å². The Labute approximate surface area is 204 Å². The van der Waals surface area contributed by atoms with Crippen LogP contribution >= 0.6 is 11.3 Å². The van der Waals surface area contributed by atoms with E-state index in [-0.39, 0.29) is 28.7 Å². The van der Waals surface area contributed by atoms with Crippen molar-refractivity contribution in [1.82, 2.24) is 4.98 Å². The van der Waals surface area contributed by atoms with Crippen LogP contribution in [0.15, 0.2) is 23.3 Å². The minimum atomic E-state index is -2.02. The summed E-state index contributed by atoms with van der Waals surface area (Å²) in [6.45, 7) is 11.2. The number of hydrogen-bond donors (Lipinski definition) is 4. The summed E-state index contributed by atoms with van der Waals surface area (Å²) in [6.07, 6.45) is 0.706. The second kappa shape index (κ2) is 7.46. The lowest BCUT2D eigenvalue weighted by Crippen LogP contribution is -2.66. The van der Waals surface area contributed by atoms with Crippen LogP contribution in [0.3, 0.4) is 0 Å². The Bertz CT molecular complexity index is 1110. The van der Waals surface area contributed by atoms with Crippen LogP contribution in [0.25, 0.3) is 0 Å². The van der Waals surface area contributed by atoms with Crippen molar-refractivity contribution < 1.29 is 30.0 Å². The molecule has 9 atom stereocenters. The zero-order chi connectivity index (χ0) is 25.0. The number of carbonyl (C=O) groups excluding carboxylic acids is 1. The van der Waals surface area contributed by atoms with Crippen molar-refractivity contribution in [3.05, 3.63) is 38.9 Å². The summed E-state index contributed by atoms with van der Waals surface area (Å²) >= 11 is 1.22. The Morgan fingerprint density at radius 3 is 2.53 bits per heavy atom. The Hall–Kier alpha value is -1.58. The molecule has 1 aromatic rings. The molecule has 34 heavy (non-hydrogen) atoms. The average molecular weight is 490 g/mol. The number of carbonyl (C=O) groups is 1. The van der Waals surface area contributed by atoms with Crippen molar-refractivity contribution in [3.8, 4) is 0 Å². The highest BCUT2D eigenvalue weighted by Crippen LogP contribution is 2.72. The normalized spacial score (nSPS) is 44.2. The third kappa shape index (κ3) is 2.83. The number of rotatable bonds is 3. The van der Waals surface area contributed by atoms with Gasteiger partial charge in [-0.05, 0) is 61.5 Å². The van der Waals surface area contributed by atoms with Crippen LogP contribution in [0.5, 0.6) is 0 Å². The molecule has 4 aliphatic rings. The molecule has 7 nitrogen and oxygen atoms in total. The standard InChI is InChI=1S/C26H35NO6S/c1-11-9-25-12(2)7-17-18(24(17,5)6)16(21(25)30)8-15(10-28)20(29)26(25,32)22(11)33-23(31)19-13(3)27-14(4)34-19/h8-9,12,16-18,20-22,28-30,32H,7,10H2,1-6H3/t12-,16+,17-,18+,20-,21?,22+,25+,26+/m1/s1. The van der Waals surface area contributed by atoms with E-state index in [1.54, 1.807) is 19.9 Å². The summed E-state index contributed by atoms with van der Waals surface area (Å²) in [5.41, 5.74) is -1.83. The van der Waals surface area contributed by atoms with Gasteiger partial charge in [0.15, 0.2) is 6.10 Å². The minimum absolute atomic E-state index is 0.0246. The smallest absolute Gasteiger partial charge is 0.350 e. The van der Waals surface area contributed by atoms with E-state index in [0.717, 1.165) is 11.4 Å². The number of nitrogens with zero attached hydrogens (tertiary/aromatic N) is 1. The molecule has 4 N–H and O–H groups in total. The van der Waals surface area contributed by atoms with Crippen LogP contribution < -0.4 is 0 Å². The molecule has 0 amide bonds. The molecule has 5 rings (SSSR count). The summed E-state index contributed by atoms with van der Waals surface area (Å²) in [5, 5.41) is 46.9. The summed E-state index contributed by atoms with van der Waals surface area (Å²) in [4.78, 5) is 17.8. The van der Waals surface area contributed by atoms with Crippen molar-refractivity contribution in [3.63, 3.8) is 0 Å². The molecule has 2 saturated carbocycles. The van der Waals surface area contributed by atoms with Crippen LogP contribution in [-0.4, -0.2) is 61.9 Å². The zero-order valence-electron chi connectivity index (χ0n) is 20.6. The Balaban J connectivity index is 1.64. The number of aliphatic hydroxyl groups is 4. The molecule has 1 spiro atoms. The first-order chi connectivity index (χ1) is 15.8. The maximum Gasteiger partial charge on any atom is 0.350 e. The maximum atomic E-state index is 13.2. The van der Waals surface area contributed by atoms with Gasteiger partial charge in [-0.25, -0.2) is 9.78 Å². The number of fused-ring (bicyclic) bond motifs is 3. The molecule has 1 unspecified atom stereocenters. The highest BCUT2D eigenvalue weighted by Gasteiger charge is 2.76. The maximum absolute atomic E-state index is 13.2. The summed E-state index contributed by atoms with van der Waals surface area (Å²) in [6, 6.07) is 0. The largest absolute Gasteiger partial charge is 0.450 e. The Kier molecular flexibility index (Phi) is 5.30. The molecule has 186 valence electrons. The van der Waals surface area contributed by atoms with Crippen molar-refractivity contribution in [2.24, 2.45) is 34.5 Å². The highest BCUT2D eigenvalue weighted by molar-refractivity contribution is 7.13. The molecule has 4 aliphatic carbocycles. The predicted molar refractivity (Wildman–Crippen MR) is 127 cm³/mol. The first-order valence-corrected chi connectivity index (χ1v) is 12.9. The number of ether oxygens (including phenoxy) is 1. The molecular formula is C26H35NO6S. The van der Waals surface area contributed by atoms with E-state index in [1.807, 2.05) is 19.9 Å². The molecule has 8 heteroatoms. The topological polar surface area (TPSA) is 120 Å². The van der Waals surface area contributed by atoms with E-state index < -0.39 is 41.9 Å². The van der Waals surface area contributed by atoms with E-state index in [1.165, 1.54) is 11.3 Å². The fourth-order valence-electron chi connectivity index (χ4n) is 7.78. The van der Waals surface area contributed by atoms with Gasteiger partial charge in [-0.1, -0.05) is 32.9 Å². The number of thiazole rings is 1. The van der Waals surface area contributed by atoms with Crippen LogP contribution in [0.2, 0.25) is 0 Å². The number of esters is 1. The molecule has 1 heterocycles. The highest BCUT2D eigenvalue weighted by atomic mass is 32.1. The minimum Gasteiger partial charge on any atom is -0.450 e. The Morgan fingerprint density at radius 1 is 1.26 bits per heavy atom. The van der Waals surface area contributed by atoms with Crippen LogP contribution in [0, 0.1) is 48.3 Å². The zero-order valence-corrected chi connectivity index (χ0v) is 21.4. The average Bonchev–Trinajstić information content (AvgIpc) is 3.04. The lowest BCUT2D eigenvalue weighted by Gasteiger charge is -2.52. The quantitative estimate of drug-likeness (QED) is 0.380. The van der Waals surface area contributed by atoms with Gasteiger partial charge in [0.2, 0.25) is 0 Å². The van der Waals surface area contributed by atoms with Crippen LogP contribution in [0.1, 0.15) is 54.5 Å². The summed E-state index contributed by atoms with van der Waals surface area (Å²) in [5.74, 6) is -0.609. The molecule has 0 aliphatic heterocycles. The number of hydrogen-bond acceptors (Lipinski definition) is 8. The van der Waals surface area contributed by atoms with E-state index in [2.05, 4.69) is 18.8 Å². The van der Waals surface area contributed by atoms with E-state index in [4.69, 9.17) is 4.74 Å². The van der Waals surface area contributed by atoms with Gasteiger partial charge in [0.05, 0.1) is 28.8 Å². The van der Waals surface area contributed by atoms with Crippen molar-refractivity contribution in [2.75, 3.05) is 6.61 Å². The molecule has 2 bridgehead atoms. The monoisotopic (exact) mass is 489 g/mol. The fraction of sp³-hybridized carbons (Fsp3) is 0.692. The van der Waals surface area contributed by atoms with Crippen LogP contribution in [-0.2, 0) is 4.74 Å². The third-order valence-corrected chi connectivity index (χ3v) is 10.5. The molecule has 0 saturated heterocycles.